The van der Waals surface area contributed by atoms with E-state index >= 15 is 0 Å². The maximum Gasteiger partial charge on any atom is 0.251 e. The van der Waals surface area contributed by atoms with Gasteiger partial charge in [-0.15, -0.1) is 0 Å². The van der Waals surface area contributed by atoms with Gasteiger partial charge in [-0.1, -0.05) is 84.4 Å². The fourth-order valence-electron chi connectivity index (χ4n) is 2.21. The van der Waals surface area contributed by atoms with Crippen LogP contribution in [-0.2, 0) is 4.79 Å². The number of nitrogens with zero attached hydrogens (tertiary/aromatic N) is 1. The summed E-state index contributed by atoms with van der Waals surface area (Å²) >= 11 is 3.27. The normalized spacial score (nSPS) is 15.1. The molecule has 22 heavy (non-hydrogen) atoms. The zero-order chi connectivity index (χ0) is 16.2. The van der Waals surface area contributed by atoms with E-state index in [0.29, 0.717) is 0 Å². The molecule has 0 atom stereocenters. The van der Waals surface area contributed by atoms with E-state index in [4.69, 9.17) is 0 Å². The van der Waals surface area contributed by atoms with E-state index in [1.165, 1.54) is 31.2 Å². The van der Waals surface area contributed by atoms with Crippen LogP contribution in [0.25, 0.3) is 0 Å². The van der Waals surface area contributed by atoms with Crippen molar-refractivity contribution in [3.05, 3.63) is 58.7 Å². The summed E-state index contributed by atoms with van der Waals surface area (Å²) in [5.41, 5.74) is 2.29. The molecule has 1 aromatic carbocycles. The SMILES string of the molecule is CCCCCCCN1C(=O)C=CC1=CBr.Cc1ccccc1. The summed E-state index contributed by atoms with van der Waals surface area (Å²) in [7, 11) is 0. The topological polar surface area (TPSA) is 20.3 Å². The second-order valence-electron chi connectivity index (χ2n) is 5.43. The lowest BCUT2D eigenvalue weighted by Gasteiger charge is -2.17. The highest BCUT2D eigenvalue weighted by Crippen LogP contribution is 2.17. The van der Waals surface area contributed by atoms with Crippen LogP contribution in [0.1, 0.15) is 44.6 Å². The van der Waals surface area contributed by atoms with Crippen molar-refractivity contribution in [1.29, 1.82) is 0 Å². The van der Waals surface area contributed by atoms with Crippen molar-refractivity contribution < 1.29 is 4.79 Å². The quantitative estimate of drug-likeness (QED) is 0.603. The summed E-state index contributed by atoms with van der Waals surface area (Å²) in [6, 6.07) is 10.3. The molecule has 0 aromatic heterocycles. The average molecular weight is 364 g/mol. The molecule has 120 valence electrons. The molecule has 2 rings (SSSR count). The second kappa shape index (κ2) is 11.2. The van der Waals surface area contributed by atoms with Crippen molar-refractivity contribution in [2.24, 2.45) is 0 Å². The second-order valence-corrected chi connectivity index (χ2v) is 5.88. The molecule has 0 unspecified atom stereocenters. The lowest BCUT2D eigenvalue weighted by atomic mass is 10.1. The first-order valence-electron chi connectivity index (χ1n) is 8.00. The largest absolute Gasteiger partial charge is 0.308 e. The molecular formula is C19H26BrNO. The van der Waals surface area contributed by atoms with Crippen molar-refractivity contribution in [3.8, 4) is 0 Å². The lowest BCUT2D eigenvalue weighted by Crippen LogP contribution is -2.24. The van der Waals surface area contributed by atoms with E-state index < -0.39 is 0 Å². The van der Waals surface area contributed by atoms with Gasteiger partial charge in [-0.3, -0.25) is 4.79 Å². The lowest BCUT2D eigenvalue weighted by molar-refractivity contribution is -0.123. The predicted molar refractivity (Wildman–Crippen MR) is 97.8 cm³/mol. The van der Waals surface area contributed by atoms with E-state index in [1.807, 2.05) is 29.2 Å². The summed E-state index contributed by atoms with van der Waals surface area (Å²) in [5, 5.41) is 0. The highest BCUT2D eigenvalue weighted by Gasteiger charge is 2.18. The minimum Gasteiger partial charge on any atom is -0.308 e. The molecule has 0 spiro atoms. The highest BCUT2D eigenvalue weighted by molar-refractivity contribution is 9.11. The summed E-state index contributed by atoms with van der Waals surface area (Å²) in [6.07, 6.45) is 9.62. The van der Waals surface area contributed by atoms with Crippen LogP contribution >= 0.6 is 15.9 Å². The maximum atomic E-state index is 11.4. The fourth-order valence-corrected chi connectivity index (χ4v) is 2.61. The number of benzene rings is 1. The first kappa shape index (κ1) is 18.7. The smallest absolute Gasteiger partial charge is 0.251 e. The number of allylic oxidation sites excluding steroid dienone is 1. The Balaban J connectivity index is 0.000000287. The third-order valence-electron chi connectivity index (χ3n) is 3.51. The first-order chi connectivity index (χ1) is 10.7. The Labute approximate surface area is 143 Å². The highest BCUT2D eigenvalue weighted by atomic mass is 79.9. The van der Waals surface area contributed by atoms with Gasteiger partial charge in [-0.2, -0.15) is 0 Å². The molecule has 0 saturated carbocycles. The monoisotopic (exact) mass is 363 g/mol. The molecule has 0 fully saturated rings. The third kappa shape index (κ3) is 7.08. The van der Waals surface area contributed by atoms with E-state index in [-0.39, 0.29) is 5.91 Å². The van der Waals surface area contributed by atoms with Crippen LogP contribution in [0, 0.1) is 6.92 Å². The molecule has 0 saturated heterocycles. The van der Waals surface area contributed by atoms with E-state index in [9.17, 15) is 4.79 Å². The van der Waals surface area contributed by atoms with E-state index in [2.05, 4.69) is 41.9 Å². The van der Waals surface area contributed by atoms with Gasteiger partial charge in [0.25, 0.3) is 5.91 Å². The Morgan fingerprint density at radius 1 is 1.05 bits per heavy atom. The molecular weight excluding hydrogens is 338 g/mol. The summed E-state index contributed by atoms with van der Waals surface area (Å²) in [5.74, 6) is 0.108. The standard InChI is InChI=1S/C12H18BrNO.C7H8/c1-2-3-4-5-6-9-14-11(10-13)7-8-12(14)15;1-7-5-3-2-4-6-7/h7-8,10H,2-6,9H2,1H3;2-6H,1H3. The fraction of sp³-hybridized carbons (Fsp3) is 0.421. The summed E-state index contributed by atoms with van der Waals surface area (Å²) in [6.45, 7) is 5.13. The van der Waals surface area contributed by atoms with Crippen molar-refractivity contribution in [2.45, 2.75) is 46.0 Å². The number of halogens is 1. The van der Waals surface area contributed by atoms with Crippen molar-refractivity contribution in [2.75, 3.05) is 6.54 Å². The van der Waals surface area contributed by atoms with Crippen LogP contribution in [0.4, 0.5) is 0 Å². The molecule has 0 bridgehead atoms. The van der Waals surface area contributed by atoms with Crippen LogP contribution in [-0.4, -0.2) is 17.4 Å². The minimum absolute atomic E-state index is 0.108. The number of hydrogen-bond acceptors (Lipinski definition) is 1. The van der Waals surface area contributed by atoms with E-state index in [1.54, 1.807) is 11.1 Å². The van der Waals surface area contributed by atoms with Crippen LogP contribution < -0.4 is 0 Å². The van der Waals surface area contributed by atoms with Crippen LogP contribution in [0.15, 0.2) is 53.2 Å². The predicted octanol–water partition coefficient (Wildman–Crippen LogP) is 5.59. The molecule has 1 aliphatic rings. The zero-order valence-corrected chi connectivity index (χ0v) is 15.2. The zero-order valence-electron chi connectivity index (χ0n) is 13.6. The molecule has 0 aliphatic carbocycles. The summed E-state index contributed by atoms with van der Waals surface area (Å²) in [4.78, 5) is 15.1. The number of rotatable bonds is 6. The first-order valence-corrected chi connectivity index (χ1v) is 8.92. The Morgan fingerprint density at radius 3 is 2.27 bits per heavy atom. The number of aryl methyl sites for hydroxylation is 1. The van der Waals surface area contributed by atoms with Gasteiger partial charge in [-0.05, 0) is 19.4 Å². The molecule has 1 heterocycles. The minimum atomic E-state index is 0.108. The van der Waals surface area contributed by atoms with Crippen molar-refractivity contribution >= 4 is 21.8 Å². The van der Waals surface area contributed by atoms with Gasteiger partial charge >= 0.3 is 0 Å². The van der Waals surface area contributed by atoms with E-state index in [0.717, 1.165) is 18.7 Å². The van der Waals surface area contributed by atoms with Gasteiger partial charge in [0.15, 0.2) is 0 Å². The molecule has 1 aromatic rings. The molecule has 0 N–H and O–H groups in total. The van der Waals surface area contributed by atoms with Crippen LogP contribution in [0.3, 0.4) is 0 Å². The number of carbonyl (C=O) groups is 1. The number of hydrogen-bond donors (Lipinski definition) is 0. The Kier molecular flexibility index (Phi) is 9.56. The molecule has 1 aliphatic heterocycles. The summed E-state index contributed by atoms with van der Waals surface area (Å²) < 4.78 is 0. The molecule has 2 nitrogen and oxygen atoms in total. The van der Waals surface area contributed by atoms with Crippen molar-refractivity contribution in [3.63, 3.8) is 0 Å². The third-order valence-corrected chi connectivity index (χ3v) is 3.98. The van der Waals surface area contributed by atoms with Crippen molar-refractivity contribution in [1.82, 2.24) is 4.90 Å². The van der Waals surface area contributed by atoms with Gasteiger partial charge in [-0.25, -0.2) is 0 Å². The Hall–Kier alpha value is -1.35. The molecule has 1 amide bonds. The van der Waals surface area contributed by atoms with Gasteiger partial charge in [0.2, 0.25) is 0 Å². The number of carbonyl (C=O) groups excluding carboxylic acids is 1. The number of amides is 1. The maximum absolute atomic E-state index is 11.4. The van der Waals surface area contributed by atoms with Gasteiger partial charge in [0, 0.05) is 17.6 Å². The average Bonchev–Trinajstić information content (AvgIpc) is 2.89. The Bertz CT molecular complexity index is 493. The number of unbranched alkanes of at least 4 members (excludes halogenated alkanes) is 4. The van der Waals surface area contributed by atoms with Gasteiger partial charge in [0.1, 0.15) is 0 Å². The Morgan fingerprint density at radius 2 is 1.73 bits per heavy atom. The van der Waals surface area contributed by atoms with Crippen LogP contribution in [0.5, 0.6) is 0 Å². The van der Waals surface area contributed by atoms with Gasteiger partial charge in [0.05, 0.1) is 5.70 Å². The molecule has 0 radical (unpaired) electrons. The van der Waals surface area contributed by atoms with Crippen LogP contribution in [0.2, 0.25) is 0 Å². The molecule has 3 heteroatoms. The van der Waals surface area contributed by atoms with Gasteiger partial charge < -0.3 is 4.90 Å².